The molecular weight excluding hydrogens is 188 g/mol. The number of hydrogen-bond acceptors (Lipinski definition) is 3. The summed E-state index contributed by atoms with van der Waals surface area (Å²) in [6.07, 6.45) is 0.701. The highest BCUT2D eigenvalue weighted by molar-refractivity contribution is 5.72. The minimum atomic E-state index is 0.109. The molecule has 0 spiro atoms. The van der Waals surface area contributed by atoms with Gasteiger partial charge in [-0.15, -0.1) is 0 Å². The number of nitrogens with two attached hydrogens (primary N) is 1. The summed E-state index contributed by atoms with van der Waals surface area (Å²) >= 11 is 0. The highest BCUT2D eigenvalue weighted by Gasteiger charge is 2.12. The molecule has 2 aromatic rings. The first-order valence-corrected chi connectivity index (χ1v) is 5.27. The zero-order valence-corrected chi connectivity index (χ0v) is 9.10. The predicted molar refractivity (Wildman–Crippen MR) is 60.5 cm³/mol. The molecule has 0 aliphatic heterocycles. The van der Waals surface area contributed by atoms with E-state index < -0.39 is 0 Å². The van der Waals surface area contributed by atoms with Crippen molar-refractivity contribution in [2.24, 2.45) is 11.7 Å². The normalized spacial score (nSPS) is 13.6. The molecule has 1 atom stereocenters. The van der Waals surface area contributed by atoms with E-state index in [1.54, 1.807) is 0 Å². The molecule has 2 rings (SSSR count). The lowest BCUT2D eigenvalue weighted by Crippen LogP contribution is -2.28. The summed E-state index contributed by atoms with van der Waals surface area (Å²) in [6, 6.07) is 7.88. The SMILES string of the molecule is CC(C)C(N)Cc1nc2ccccc2o1. The zero-order valence-electron chi connectivity index (χ0n) is 9.10. The molecule has 0 saturated carbocycles. The number of aromatic nitrogens is 1. The Morgan fingerprint density at radius 1 is 1.33 bits per heavy atom. The average molecular weight is 204 g/mol. The fourth-order valence-corrected chi connectivity index (χ4v) is 1.44. The Morgan fingerprint density at radius 2 is 2.07 bits per heavy atom. The van der Waals surface area contributed by atoms with E-state index in [0.717, 1.165) is 17.0 Å². The number of para-hydroxylation sites is 2. The molecule has 0 bridgehead atoms. The summed E-state index contributed by atoms with van der Waals surface area (Å²) in [4.78, 5) is 4.39. The smallest absolute Gasteiger partial charge is 0.197 e. The molecule has 0 amide bonds. The first-order chi connectivity index (χ1) is 7.16. The molecule has 1 aromatic carbocycles. The molecule has 1 heterocycles. The van der Waals surface area contributed by atoms with Gasteiger partial charge in [-0.05, 0) is 18.1 Å². The van der Waals surface area contributed by atoms with E-state index in [-0.39, 0.29) is 6.04 Å². The van der Waals surface area contributed by atoms with Gasteiger partial charge < -0.3 is 10.2 Å². The van der Waals surface area contributed by atoms with Crippen LogP contribution in [0.25, 0.3) is 11.1 Å². The van der Waals surface area contributed by atoms with Crippen LogP contribution in [0.5, 0.6) is 0 Å². The molecule has 3 heteroatoms. The third-order valence-corrected chi connectivity index (χ3v) is 2.60. The quantitative estimate of drug-likeness (QED) is 0.835. The van der Waals surface area contributed by atoms with Gasteiger partial charge in [-0.2, -0.15) is 0 Å². The van der Waals surface area contributed by atoms with Gasteiger partial charge in [-0.25, -0.2) is 4.98 Å². The van der Waals surface area contributed by atoms with Crippen molar-refractivity contribution in [2.75, 3.05) is 0 Å². The summed E-state index contributed by atoms with van der Waals surface area (Å²) in [5, 5.41) is 0. The van der Waals surface area contributed by atoms with Gasteiger partial charge in [0.25, 0.3) is 0 Å². The highest BCUT2D eigenvalue weighted by Crippen LogP contribution is 2.16. The zero-order chi connectivity index (χ0) is 10.8. The van der Waals surface area contributed by atoms with Gasteiger partial charge in [0.1, 0.15) is 5.52 Å². The van der Waals surface area contributed by atoms with Crippen LogP contribution in [0, 0.1) is 5.92 Å². The van der Waals surface area contributed by atoms with Crippen LogP contribution in [0.3, 0.4) is 0 Å². The molecule has 2 N–H and O–H groups in total. The molecule has 0 aliphatic carbocycles. The molecular formula is C12H16N2O. The van der Waals surface area contributed by atoms with Crippen molar-refractivity contribution >= 4 is 11.1 Å². The van der Waals surface area contributed by atoms with Crippen molar-refractivity contribution in [1.82, 2.24) is 4.98 Å². The third-order valence-electron chi connectivity index (χ3n) is 2.60. The summed E-state index contributed by atoms with van der Waals surface area (Å²) in [6.45, 7) is 4.21. The van der Waals surface area contributed by atoms with Crippen LogP contribution in [0.4, 0.5) is 0 Å². The largest absolute Gasteiger partial charge is 0.441 e. The van der Waals surface area contributed by atoms with E-state index in [1.165, 1.54) is 0 Å². The Bertz CT molecular complexity index is 415. The standard InChI is InChI=1S/C12H16N2O/c1-8(2)9(13)7-12-14-10-5-3-4-6-11(10)15-12/h3-6,8-9H,7,13H2,1-2H3. The highest BCUT2D eigenvalue weighted by atomic mass is 16.3. The van der Waals surface area contributed by atoms with Gasteiger partial charge in [-0.3, -0.25) is 0 Å². The minimum absolute atomic E-state index is 0.109. The van der Waals surface area contributed by atoms with Gasteiger partial charge in [-0.1, -0.05) is 26.0 Å². The first kappa shape index (κ1) is 10.2. The Balaban J connectivity index is 2.22. The molecule has 1 unspecified atom stereocenters. The van der Waals surface area contributed by atoms with Crippen LogP contribution in [0.15, 0.2) is 28.7 Å². The van der Waals surface area contributed by atoms with E-state index in [9.17, 15) is 0 Å². The molecule has 0 saturated heterocycles. The van der Waals surface area contributed by atoms with Crippen molar-refractivity contribution in [2.45, 2.75) is 26.3 Å². The van der Waals surface area contributed by atoms with Crippen LogP contribution in [-0.4, -0.2) is 11.0 Å². The fourth-order valence-electron chi connectivity index (χ4n) is 1.44. The molecule has 1 aromatic heterocycles. The lowest BCUT2D eigenvalue weighted by atomic mass is 10.0. The monoisotopic (exact) mass is 204 g/mol. The number of oxazole rings is 1. The lowest BCUT2D eigenvalue weighted by Gasteiger charge is -2.12. The molecule has 0 radical (unpaired) electrons. The molecule has 0 fully saturated rings. The van der Waals surface area contributed by atoms with Crippen LogP contribution in [0.2, 0.25) is 0 Å². The summed E-state index contributed by atoms with van der Waals surface area (Å²) < 4.78 is 5.60. The first-order valence-electron chi connectivity index (χ1n) is 5.27. The van der Waals surface area contributed by atoms with Crippen molar-refractivity contribution < 1.29 is 4.42 Å². The van der Waals surface area contributed by atoms with Crippen molar-refractivity contribution in [3.63, 3.8) is 0 Å². The fraction of sp³-hybridized carbons (Fsp3) is 0.417. The Labute approximate surface area is 89.3 Å². The summed E-state index contributed by atoms with van der Waals surface area (Å²) in [5.74, 6) is 1.18. The van der Waals surface area contributed by atoms with Crippen LogP contribution in [0.1, 0.15) is 19.7 Å². The van der Waals surface area contributed by atoms with Crippen LogP contribution in [-0.2, 0) is 6.42 Å². The second-order valence-corrected chi connectivity index (χ2v) is 4.19. The van der Waals surface area contributed by atoms with Crippen molar-refractivity contribution in [3.05, 3.63) is 30.2 Å². The number of rotatable bonds is 3. The third kappa shape index (κ3) is 2.18. The second-order valence-electron chi connectivity index (χ2n) is 4.19. The summed E-state index contributed by atoms with van der Waals surface area (Å²) in [5.41, 5.74) is 7.71. The van der Waals surface area contributed by atoms with E-state index >= 15 is 0 Å². The number of benzene rings is 1. The molecule has 80 valence electrons. The van der Waals surface area contributed by atoms with Crippen LogP contribution >= 0.6 is 0 Å². The number of fused-ring (bicyclic) bond motifs is 1. The molecule has 0 aliphatic rings. The summed E-state index contributed by atoms with van der Waals surface area (Å²) in [7, 11) is 0. The maximum atomic E-state index is 5.97. The number of nitrogens with zero attached hydrogens (tertiary/aromatic N) is 1. The number of hydrogen-bond donors (Lipinski definition) is 1. The van der Waals surface area contributed by atoms with Gasteiger partial charge in [0.15, 0.2) is 11.5 Å². The van der Waals surface area contributed by atoms with E-state index in [0.29, 0.717) is 12.3 Å². The predicted octanol–water partition coefficient (Wildman–Crippen LogP) is 2.35. The van der Waals surface area contributed by atoms with Gasteiger partial charge in [0.05, 0.1) is 0 Å². The van der Waals surface area contributed by atoms with Gasteiger partial charge >= 0.3 is 0 Å². The second kappa shape index (κ2) is 4.03. The Kier molecular flexibility index (Phi) is 2.73. The van der Waals surface area contributed by atoms with E-state index in [4.69, 9.17) is 10.2 Å². The molecule has 3 nitrogen and oxygen atoms in total. The van der Waals surface area contributed by atoms with E-state index in [2.05, 4.69) is 18.8 Å². The van der Waals surface area contributed by atoms with Crippen molar-refractivity contribution in [1.29, 1.82) is 0 Å². The van der Waals surface area contributed by atoms with Crippen molar-refractivity contribution in [3.8, 4) is 0 Å². The maximum absolute atomic E-state index is 5.97. The van der Waals surface area contributed by atoms with E-state index in [1.807, 2.05) is 24.3 Å². The van der Waals surface area contributed by atoms with Gasteiger partial charge in [0.2, 0.25) is 0 Å². The van der Waals surface area contributed by atoms with Gasteiger partial charge in [0, 0.05) is 12.5 Å². The maximum Gasteiger partial charge on any atom is 0.197 e. The average Bonchev–Trinajstić information content (AvgIpc) is 2.59. The Morgan fingerprint density at radius 3 is 2.73 bits per heavy atom. The molecule has 15 heavy (non-hydrogen) atoms. The van der Waals surface area contributed by atoms with Crippen LogP contribution < -0.4 is 5.73 Å². The Hall–Kier alpha value is -1.35. The topological polar surface area (TPSA) is 52.0 Å². The minimum Gasteiger partial charge on any atom is -0.441 e. The lowest BCUT2D eigenvalue weighted by molar-refractivity contribution is 0.433.